The second-order valence-corrected chi connectivity index (χ2v) is 3.97. The Balaban J connectivity index is 2.19. The van der Waals surface area contributed by atoms with Crippen molar-refractivity contribution < 1.29 is 0 Å². The van der Waals surface area contributed by atoms with Crippen LogP contribution in [0, 0.1) is 11.3 Å². The average molecular weight is 186 g/mol. The summed E-state index contributed by atoms with van der Waals surface area (Å²) in [5, 5.41) is 8.97. The Kier molecular flexibility index (Phi) is 2.26. The summed E-state index contributed by atoms with van der Waals surface area (Å²) in [4.78, 5) is 2.23. The van der Waals surface area contributed by atoms with E-state index in [4.69, 9.17) is 5.26 Å². The second-order valence-electron chi connectivity index (χ2n) is 3.97. The lowest BCUT2D eigenvalue weighted by Gasteiger charge is -2.06. The molecule has 0 aromatic heterocycles. The van der Waals surface area contributed by atoms with Crippen LogP contribution in [0.2, 0.25) is 0 Å². The zero-order valence-electron chi connectivity index (χ0n) is 8.51. The highest BCUT2D eigenvalue weighted by molar-refractivity contribution is 5.31. The fourth-order valence-corrected chi connectivity index (χ4v) is 2.03. The van der Waals surface area contributed by atoms with Crippen molar-refractivity contribution in [1.29, 1.82) is 5.26 Å². The van der Waals surface area contributed by atoms with E-state index in [0.29, 0.717) is 12.1 Å². The minimum absolute atomic E-state index is 0.0809. The molecule has 0 N–H and O–H groups in total. The van der Waals surface area contributed by atoms with Gasteiger partial charge in [-0.2, -0.15) is 5.26 Å². The molecule has 1 unspecified atom stereocenters. The van der Waals surface area contributed by atoms with Crippen molar-refractivity contribution in [2.75, 3.05) is 0 Å². The highest BCUT2D eigenvalue weighted by atomic mass is 15.4. The fourth-order valence-electron chi connectivity index (χ4n) is 2.03. The number of rotatable bonds is 2. The third-order valence-electron chi connectivity index (χ3n) is 2.72. The predicted molar refractivity (Wildman–Crippen MR) is 55.6 cm³/mol. The van der Waals surface area contributed by atoms with E-state index < -0.39 is 0 Å². The van der Waals surface area contributed by atoms with Gasteiger partial charge in [0.2, 0.25) is 0 Å². The Morgan fingerprint density at radius 1 is 1.29 bits per heavy atom. The largest absolute Gasteiger partial charge is 0.274 e. The normalized spacial score (nSPS) is 30.0. The molecule has 1 aromatic carbocycles. The molecule has 0 aliphatic carbocycles. The van der Waals surface area contributed by atoms with E-state index in [1.54, 1.807) is 0 Å². The molecule has 14 heavy (non-hydrogen) atoms. The first-order valence-corrected chi connectivity index (χ1v) is 4.97. The van der Waals surface area contributed by atoms with E-state index in [2.05, 4.69) is 36.9 Å². The van der Waals surface area contributed by atoms with Gasteiger partial charge in [-0.15, -0.1) is 0 Å². The second kappa shape index (κ2) is 3.43. The van der Waals surface area contributed by atoms with Gasteiger partial charge >= 0.3 is 0 Å². The van der Waals surface area contributed by atoms with Crippen LogP contribution in [0.1, 0.15) is 25.5 Å². The van der Waals surface area contributed by atoms with E-state index in [1.165, 1.54) is 5.56 Å². The Morgan fingerprint density at radius 3 is 2.36 bits per heavy atom. The fraction of sp³-hybridized carbons (Fsp3) is 0.417. The van der Waals surface area contributed by atoms with Crippen LogP contribution in [0.25, 0.3) is 0 Å². The highest BCUT2D eigenvalue weighted by Crippen LogP contribution is 2.44. The summed E-state index contributed by atoms with van der Waals surface area (Å²) in [6.45, 7) is 4.26. The van der Waals surface area contributed by atoms with Crippen LogP contribution < -0.4 is 0 Å². The molecule has 0 bridgehead atoms. The number of nitriles is 1. The molecule has 0 amide bonds. The van der Waals surface area contributed by atoms with Crippen LogP contribution in [-0.2, 0) is 0 Å². The van der Waals surface area contributed by atoms with Gasteiger partial charge in [-0.3, -0.25) is 4.90 Å². The minimum Gasteiger partial charge on any atom is -0.274 e. The van der Waals surface area contributed by atoms with Gasteiger partial charge in [0.25, 0.3) is 0 Å². The number of hydrogen-bond acceptors (Lipinski definition) is 2. The van der Waals surface area contributed by atoms with Crippen molar-refractivity contribution in [2.45, 2.75) is 32.0 Å². The first-order chi connectivity index (χ1) is 6.75. The van der Waals surface area contributed by atoms with Crippen molar-refractivity contribution >= 4 is 0 Å². The van der Waals surface area contributed by atoms with Crippen molar-refractivity contribution in [2.24, 2.45) is 0 Å². The first-order valence-electron chi connectivity index (χ1n) is 4.97. The number of nitrogens with zero attached hydrogens (tertiary/aromatic N) is 2. The van der Waals surface area contributed by atoms with Gasteiger partial charge in [-0.25, -0.2) is 0 Å². The smallest absolute Gasteiger partial charge is 0.119 e. The molecule has 1 aliphatic rings. The molecule has 1 heterocycles. The number of benzene rings is 1. The van der Waals surface area contributed by atoms with Crippen LogP contribution in [0.3, 0.4) is 0 Å². The van der Waals surface area contributed by atoms with E-state index in [9.17, 15) is 0 Å². The van der Waals surface area contributed by atoms with Gasteiger partial charge in [0, 0.05) is 6.04 Å². The van der Waals surface area contributed by atoms with Crippen LogP contribution in [-0.4, -0.2) is 17.0 Å². The first kappa shape index (κ1) is 9.23. The van der Waals surface area contributed by atoms with E-state index in [1.807, 2.05) is 18.2 Å². The molecule has 1 saturated heterocycles. The van der Waals surface area contributed by atoms with Gasteiger partial charge in [-0.05, 0) is 19.4 Å². The van der Waals surface area contributed by atoms with Crippen LogP contribution >= 0.6 is 0 Å². The molecular weight excluding hydrogens is 172 g/mol. The third-order valence-corrected chi connectivity index (χ3v) is 2.72. The molecular formula is C12H14N2. The Bertz CT molecular complexity index is 350. The summed E-state index contributed by atoms with van der Waals surface area (Å²) in [5.41, 5.74) is 1.26. The topological polar surface area (TPSA) is 26.8 Å². The van der Waals surface area contributed by atoms with Gasteiger partial charge in [-0.1, -0.05) is 30.3 Å². The highest BCUT2D eigenvalue weighted by Gasteiger charge is 2.50. The summed E-state index contributed by atoms with van der Waals surface area (Å²) in [6, 6.07) is 13.4. The predicted octanol–water partition coefficient (Wildman–Crippen LogP) is 2.34. The molecule has 0 saturated carbocycles. The molecule has 0 radical (unpaired) electrons. The summed E-state index contributed by atoms with van der Waals surface area (Å²) in [7, 11) is 0. The van der Waals surface area contributed by atoms with Gasteiger partial charge in [0.05, 0.1) is 12.1 Å². The standard InChI is InChI=1S/C12H14N2/c1-9(2)14-11(8-13)12(14)10-6-4-3-5-7-10/h3-7,9,11-12H,1-2H3/t11-,12-,14?/m1/s1. The van der Waals surface area contributed by atoms with Gasteiger partial charge < -0.3 is 0 Å². The summed E-state index contributed by atoms with van der Waals surface area (Å²) < 4.78 is 0. The quantitative estimate of drug-likeness (QED) is 0.663. The summed E-state index contributed by atoms with van der Waals surface area (Å²) >= 11 is 0. The lowest BCUT2D eigenvalue weighted by atomic mass is 10.1. The van der Waals surface area contributed by atoms with Crippen molar-refractivity contribution in [3.63, 3.8) is 0 Å². The molecule has 1 aliphatic heterocycles. The van der Waals surface area contributed by atoms with Gasteiger partial charge in [0.15, 0.2) is 0 Å². The van der Waals surface area contributed by atoms with Crippen molar-refractivity contribution in [1.82, 2.24) is 4.90 Å². The van der Waals surface area contributed by atoms with Crippen LogP contribution in [0.4, 0.5) is 0 Å². The Labute approximate surface area is 84.8 Å². The lowest BCUT2D eigenvalue weighted by molar-refractivity contribution is 0.413. The molecule has 72 valence electrons. The zero-order chi connectivity index (χ0) is 10.1. The van der Waals surface area contributed by atoms with Crippen LogP contribution in [0.15, 0.2) is 30.3 Å². The Morgan fingerprint density at radius 2 is 1.93 bits per heavy atom. The van der Waals surface area contributed by atoms with E-state index in [-0.39, 0.29) is 6.04 Å². The van der Waals surface area contributed by atoms with Crippen molar-refractivity contribution in [3.8, 4) is 6.07 Å². The van der Waals surface area contributed by atoms with Gasteiger partial charge in [0.1, 0.15) is 6.04 Å². The zero-order valence-corrected chi connectivity index (χ0v) is 8.51. The third kappa shape index (κ3) is 1.40. The molecule has 0 spiro atoms. The number of hydrogen-bond donors (Lipinski definition) is 0. The monoisotopic (exact) mass is 186 g/mol. The SMILES string of the molecule is CC(C)N1[C@H](C#N)[C@H]1c1ccccc1. The molecule has 2 nitrogen and oxygen atoms in total. The maximum atomic E-state index is 8.97. The molecule has 2 heteroatoms. The summed E-state index contributed by atoms with van der Waals surface area (Å²) in [5.74, 6) is 0. The maximum Gasteiger partial charge on any atom is 0.119 e. The Hall–Kier alpha value is -1.33. The van der Waals surface area contributed by atoms with E-state index >= 15 is 0 Å². The lowest BCUT2D eigenvalue weighted by Crippen LogP contribution is -2.11. The maximum absolute atomic E-state index is 8.97. The molecule has 1 aromatic rings. The van der Waals surface area contributed by atoms with Crippen molar-refractivity contribution in [3.05, 3.63) is 35.9 Å². The molecule has 1 fully saturated rings. The average Bonchev–Trinajstić information content (AvgIpc) is 2.93. The summed E-state index contributed by atoms with van der Waals surface area (Å²) in [6.07, 6.45) is 0. The van der Waals surface area contributed by atoms with Crippen LogP contribution in [0.5, 0.6) is 0 Å². The molecule has 3 atom stereocenters. The molecule has 2 rings (SSSR count). The minimum atomic E-state index is 0.0809. The van der Waals surface area contributed by atoms with E-state index in [0.717, 1.165) is 0 Å².